The van der Waals surface area contributed by atoms with Gasteiger partial charge in [0.1, 0.15) is 0 Å². The summed E-state index contributed by atoms with van der Waals surface area (Å²) >= 11 is 1.75. The molecule has 1 saturated carbocycles. The van der Waals surface area contributed by atoms with Crippen molar-refractivity contribution in [3.8, 4) is 0 Å². The highest BCUT2D eigenvalue weighted by Gasteiger charge is 2.52. The Morgan fingerprint density at radius 1 is 1.35 bits per heavy atom. The molecule has 1 aromatic carbocycles. The van der Waals surface area contributed by atoms with Crippen molar-refractivity contribution in [2.75, 3.05) is 13.2 Å². The van der Waals surface area contributed by atoms with Crippen molar-refractivity contribution >= 4 is 17.7 Å². The molecule has 0 aromatic heterocycles. The van der Waals surface area contributed by atoms with E-state index in [1.165, 1.54) is 0 Å². The molecule has 1 heterocycles. The van der Waals surface area contributed by atoms with Crippen LogP contribution in [0.3, 0.4) is 0 Å². The van der Waals surface area contributed by atoms with E-state index < -0.39 is 11.4 Å². The third kappa shape index (κ3) is 1.85. The summed E-state index contributed by atoms with van der Waals surface area (Å²) < 4.78 is 5.16. The van der Waals surface area contributed by atoms with Gasteiger partial charge in [-0.15, -0.1) is 11.8 Å². The first-order valence-corrected chi connectivity index (χ1v) is 6.68. The summed E-state index contributed by atoms with van der Waals surface area (Å²) in [6, 6.07) is 7.90. The summed E-state index contributed by atoms with van der Waals surface area (Å²) in [7, 11) is 0. The maximum absolute atomic E-state index is 11.4. The second-order valence-electron chi connectivity index (χ2n) is 4.66. The molecule has 4 heteroatoms. The fourth-order valence-corrected chi connectivity index (χ4v) is 3.39. The van der Waals surface area contributed by atoms with E-state index >= 15 is 0 Å². The normalized spacial score (nSPS) is 21.9. The highest BCUT2D eigenvalue weighted by atomic mass is 32.2. The zero-order chi connectivity index (χ0) is 11.9. The minimum Gasteiger partial charge on any atom is -0.481 e. The number of benzene rings is 1. The lowest BCUT2D eigenvalue weighted by molar-refractivity contribution is -0.140. The molecule has 2 fully saturated rings. The van der Waals surface area contributed by atoms with Crippen LogP contribution in [0.5, 0.6) is 0 Å². The first kappa shape index (κ1) is 11.1. The Morgan fingerprint density at radius 2 is 2.06 bits per heavy atom. The van der Waals surface area contributed by atoms with E-state index in [9.17, 15) is 9.90 Å². The summed E-state index contributed by atoms with van der Waals surface area (Å²) in [5.74, 6) is -0.685. The molecule has 1 aliphatic heterocycles. The zero-order valence-electron chi connectivity index (χ0n) is 9.39. The molecule has 0 spiro atoms. The van der Waals surface area contributed by atoms with Gasteiger partial charge in [-0.3, -0.25) is 4.79 Å². The molecular weight excluding hydrogens is 236 g/mol. The SMILES string of the molecule is O=C(O)C1(c2ccccc2SC2COC2)CC1. The van der Waals surface area contributed by atoms with Crippen molar-refractivity contribution in [1.82, 2.24) is 0 Å². The molecule has 1 saturated heterocycles. The summed E-state index contributed by atoms with van der Waals surface area (Å²) in [5.41, 5.74) is 0.387. The van der Waals surface area contributed by atoms with Crippen LogP contribution in [0.4, 0.5) is 0 Å². The molecule has 0 atom stereocenters. The highest BCUT2D eigenvalue weighted by molar-refractivity contribution is 8.00. The molecule has 0 amide bonds. The molecule has 1 aliphatic carbocycles. The van der Waals surface area contributed by atoms with Gasteiger partial charge in [0.25, 0.3) is 0 Å². The van der Waals surface area contributed by atoms with Crippen LogP contribution >= 0.6 is 11.8 Å². The Hall–Kier alpha value is -1.00. The second-order valence-corrected chi connectivity index (χ2v) is 6.00. The van der Waals surface area contributed by atoms with E-state index in [1.54, 1.807) is 11.8 Å². The van der Waals surface area contributed by atoms with Crippen LogP contribution in [0.25, 0.3) is 0 Å². The Morgan fingerprint density at radius 3 is 2.59 bits per heavy atom. The maximum atomic E-state index is 11.4. The second kappa shape index (κ2) is 4.03. The Balaban J connectivity index is 1.90. The molecule has 3 nitrogen and oxygen atoms in total. The van der Waals surface area contributed by atoms with Crippen LogP contribution < -0.4 is 0 Å². The van der Waals surface area contributed by atoms with Crippen LogP contribution in [0.15, 0.2) is 29.2 Å². The molecule has 1 N–H and O–H groups in total. The Bertz CT molecular complexity index is 450. The van der Waals surface area contributed by atoms with Crippen molar-refractivity contribution in [2.45, 2.75) is 28.4 Å². The molecule has 17 heavy (non-hydrogen) atoms. The molecule has 0 bridgehead atoms. The number of carboxylic acid groups (broad SMARTS) is 1. The lowest BCUT2D eigenvalue weighted by Crippen LogP contribution is -2.30. The standard InChI is InChI=1S/C13H14O3S/c14-12(15)13(5-6-13)10-3-1-2-4-11(10)17-9-7-16-8-9/h1-4,9H,5-8H2,(H,14,15). The first-order valence-electron chi connectivity index (χ1n) is 5.80. The van der Waals surface area contributed by atoms with Gasteiger partial charge in [-0.2, -0.15) is 0 Å². The lowest BCUT2D eigenvalue weighted by Gasteiger charge is -2.27. The van der Waals surface area contributed by atoms with Crippen molar-refractivity contribution < 1.29 is 14.6 Å². The fraction of sp³-hybridized carbons (Fsp3) is 0.462. The summed E-state index contributed by atoms with van der Waals surface area (Å²) in [6.45, 7) is 1.55. The van der Waals surface area contributed by atoms with E-state index in [2.05, 4.69) is 0 Å². The van der Waals surface area contributed by atoms with Crippen LogP contribution in [-0.2, 0) is 14.9 Å². The fourth-order valence-electron chi connectivity index (χ4n) is 2.15. The van der Waals surface area contributed by atoms with E-state index in [0.717, 1.165) is 36.5 Å². The summed E-state index contributed by atoms with van der Waals surface area (Å²) in [5, 5.41) is 9.84. The predicted octanol–water partition coefficient (Wildman–Crippen LogP) is 2.29. The van der Waals surface area contributed by atoms with Crippen molar-refractivity contribution in [2.24, 2.45) is 0 Å². The van der Waals surface area contributed by atoms with Crippen LogP contribution in [0.1, 0.15) is 18.4 Å². The summed E-state index contributed by atoms with van der Waals surface area (Å²) in [6.07, 6.45) is 1.53. The van der Waals surface area contributed by atoms with E-state index in [4.69, 9.17) is 4.74 Å². The largest absolute Gasteiger partial charge is 0.481 e. The van der Waals surface area contributed by atoms with Gasteiger partial charge >= 0.3 is 5.97 Å². The van der Waals surface area contributed by atoms with Crippen molar-refractivity contribution in [1.29, 1.82) is 0 Å². The lowest BCUT2D eigenvalue weighted by atomic mass is 9.96. The molecule has 0 unspecified atom stereocenters. The van der Waals surface area contributed by atoms with Gasteiger partial charge in [-0.05, 0) is 24.5 Å². The number of hydrogen-bond donors (Lipinski definition) is 1. The van der Waals surface area contributed by atoms with Gasteiger partial charge in [0, 0.05) is 4.90 Å². The number of hydrogen-bond acceptors (Lipinski definition) is 3. The van der Waals surface area contributed by atoms with Gasteiger partial charge in [-0.1, -0.05) is 18.2 Å². The average Bonchev–Trinajstić information content (AvgIpc) is 3.05. The van der Waals surface area contributed by atoms with E-state index in [1.807, 2.05) is 24.3 Å². The Kier molecular flexibility index (Phi) is 2.64. The maximum Gasteiger partial charge on any atom is 0.314 e. The zero-order valence-corrected chi connectivity index (χ0v) is 10.2. The highest BCUT2D eigenvalue weighted by Crippen LogP contribution is 2.51. The number of thioether (sulfide) groups is 1. The van der Waals surface area contributed by atoms with Gasteiger partial charge in [0.15, 0.2) is 0 Å². The quantitative estimate of drug-likeness (QED) is 0.890. The van der Waals surface area contributed by atoms with Crippen molar-refractivity contribution in [3.63, 3.8) is 0 Å². The number of aliphatic carboxylic acids is 1. The van der Waals surface area contributed by atoms with Crippen molar-refractivity contribution in [3.05, 3.63) is 29.8 Å². The first-order chi connectivity index (χ1) is 8.22. The predicted molar refractivity (Wildman–Crippen MR) is 65.5 cm³/mol. The number of ether oxygens (including phenoxy) is 1. The topological polar surface area (TPSA) is 46.5 Å². The number of carboxylic acids is 1. The summed E-state index contributed by atoms with van der Waals surface area (Å²) in [4.78, 5) is 12.5. The van der Waals surface area contributed by atoms with Crippen LogP contribution in [0, 0.1) is 0 Å². The molecule has 1 aromatic rings. The number of carbonyl (C=O) groups is 1. The third-order valence-electron chi connectivity index (χ3n) is 3.46. The minimum absolute atomic E-state index is 0.487. The van der Waals surface area contributed by atoms with Gasteiger partial charge < -0.3 is 9.84 Å². The van der Waals surface area contributed by atoms with Crippen LogP contribution in [-0.4, -0.2) is 29.5 Å². The van der Waals surface area contributed by atoms with E-state index in [0.29, 0.717) is 5.25 Å². The Labute approximate surface area is 104 Å². The smallest absolute Gasteiger partial charge is 0.314 e. The minimum atomic E-state index is -0.685. The molecule has 2 aliphatic rings. The van der Waals surface area contributed by atoms with Crippen LogP contribution in [0.2, 0.25) is 0 Å². The monoisotopic (exact) mass is 250 g/mol. The molecule has 0 radical (unpaired) electrons. The molecule has 3 rings (SSSR count). The number of rotatable bonds is 4. The third-order valence-corrected chi connectivity index (χ3v) is 4.68. The van der Waals surface area contributed by atoms with Gasteiger partial charge in [0.2, 0.25) is 0 Å². The van der Waals surface area contributed by atoms with Gasteiger partial charge in [-0.25, -0.2) is 0 Å². The average molecular weight is 250 g/mol. The molecule has 90 valence electrons. The van der Waals surface area contributed by atoms with E-state index in [-0.39, 0.29) is 0 Å². The molecular formula is C13H14O3S. The van der Waals surface area contributed by atoms with Gasteiger partial charge in [0.05, 0.1) is 23.9 Å².